The lowest BCUT2D eigenvalue weighted by atomic mass is 9.42. The minimum absolute atomic E-state index is 0.0921. The number of para-hydroxylation sites is 3. The average Bonchev–Trinajstić information content (AvgIpc) is 3.59. The van der Waals surface area contributed by atoms with Crippen LogP contribution >= 0.6 is 0 Å². The molecule has 3 heterocycles. The molecule has 0 saturated carbocycles. The standard InChI is InChI=1S/C56H37BN2/c1-36-31-45-44-23-10-14-29-51(44)59(41-34-39(37-17-4-2-5-18-37)33-40(35-41)38-19-6-3-7-20-38)57-50-28-16-27-49-55(50)58(53(32-36)54(45)57)52-30-15-13-26-48(52)56(49)46-24-11-8-21-42(46)43-22-9-12-25-47(43)56/h2-35H,1H3. The molecular weight excluding hydrogens is 711 g/mol. The SMILES string of the molecule is Cc1cc2c3c(c1)N1c4ccccc4C4(c5ccccc5-c5ccccc54)c4cccc(c41)B3N(c1cc(-c3ccccc3)cc(-c3ccccc3)c1)c1ccccc1-2. The molecule has 13 rings (SSSR count). The maximum absolute atomic E-state index is 2.66. The summed E-state index contributed by atoms with van der Waals surface area (Å²) in [6.07, 6.45) is 0. The Morgan fingerprint density at radius 2 is 0.932 bits per heavy atom. The molecule has 9 aromatic rings. The van der Waals surface area contributed by atoms with Gasteiger partial charge in [0.15, 0.2) is 0 Å². The fourth-order valence-corrected chi connectivity index (χ4v) is 11.2. The van der Waals surface area contributed by atoms with Gasteiger partial charge in [-0.25, -0.2) is 0 Å². The van der Waals surface area contributed by atoms with E-state index in [4.69, 9.17) is 0 Å². The summed E-state index contributed by atoms with van der Waals surface area (Å²) in [6.45, 7) is 2.17. The lowest BCUT2D eigenvalue weighted by Gasteiger charge is -2.51. The Morgan fingerprint density at radius 3 is 1.59 bits per heavy atom. The maximum atomic E-state index is 2.66. The van der Waals surface area contributed by atoms with Crippen LogP contribution in [0.15, 0.2) is 206 Å². The minimum Gasteiger partial charge on any atom is -0.376 e. The number of benzene rings is 9. The van der Waals surface area contributed by atoms with Gasteiger partial charge in [-0.2, -0.15) is 0 Å². The third-order valence-corrected chi connectivity index (χ3v) is 13.4. The molecule has 0 amide bonds. The summed E-state index contributed by atoms with van der Waals surface area (Å²) < 4.78 is 0. The normalized spacial score (nSPS) is 14.2. The van der Waals surface area contributed by atoms with Crippen molar-refractivity contribution in [2.75, 3.05) is 9.71 Å². The summed E-state index contributed by atoms with van der Waals surface area (Å²) in [5.74, 6) is 0. The van der Waals surface area contributed by atoms with Crippen LogP contribution in [-0.4, -0.2) is 6.85 Å². The van der Waals surface area contributed by atoms with E-state index in [-0.39, 0.29) is 6.85 Å². The van der Waals surface area contributed by atoms with E-state index in [1.165, 1.54) is 112 Å². The summed E-state index contributed by atoms with van der Waals surface area (Å²) in [5.41, 5.74) is 25.0. The van der Waals surface area contributed by atoms with Crippen LogP contribution in [0.1, 0.15) is 27.8 Å². The van der Waals surface area contributed by atoms with Crippen LogP contribution in [0, 0.1) is 6.92 Å². The summed E-state index contributed by atoms with van der Waals surface area (Å²) in [7, 11) is 0. The van der Waals surface area contributed by atoms with Crippen LogP contribution in [-0.2, 0) is 5.41 Å². The third-order valence-electron chi connectivity index (χ3n) is 13.4. The molecule has 0 bridgehead atoms. The van der Waals surface area contributed by atoms with Gasteiger partial charge < -0.3 is 9.71 Å². The second-order valence-electron chi connectivity index (χ2n) is 16.5. The van der Waals surface area contributed by atoms with Crippen molar-refractivity contribution in [1.29, 1.82) is 0 Å². The highest BCUT2D eigenvalue weighted by Gasteiger charge is 2.55. The molecule has 0 saturated heterocycles. The molecule has 9 aromatic carbocycles. The smallest absolute Gasteiger partial charge is 0.333 e. The summed E-state index contributed by atoms with van der Waals surface area (Å²) in [5, 5.41) is 0. The Balaban J connectivity index is 1.16. The van der Waals surface area contributed by atoms with E-state index in [1.807, 2.05) is 0 Å². The first kappa shape index (κ1) is 32.7. The Bertz CT molecular complexity index is 3100. The molecule has 1 spiro atoms. The van der Waals surface area contributed by atoms with Crippen molar-refractivity contribution in [3.63, 3.8) is 0 Å². The van der Waals surface area contributed by atoms with Gasteiger partial charge in [-0.05, 0) is 121 Å². The number of fused-ring (bicyclic) bond motifs is 13. The summed E-state index contributed by atoms with van der Waals surface area (Å²) >= 11 is 0. The van der Waals surface area contributed by atoms with Gasteiger partial charge >= 0.3 is 6.85 Å². The third kappa shape index (κ3) is 4.32. The lowest BCUT2D eigenvalue weighted by Crippen LogP contribution is -2.62. The zero-order valence-electron chi connectivity index (χ0n) is 32.6. The fourth-order valence-electron chi connectivity index (χ4n) is 11.2. The van der Waals surface area contributed by atoms with Crippen LogP contribution in [0.2, 0.25) is 0 Å². The van der Waals surface area contributed by atoms with E-state index < -0.39 is 5.41 Å². The van der Waals surface area contributed by atoms with Crippen molar-refractivity contribution in [1.82, 2.24) is 0 Å². The van der Waals surface area contributed by atoms with E-state index in [0.717, 1.165) is 0 Å². The van der Waals surface area contributed by atoms with Gasteiger partial charge in [-0.15, -0.1) is 0 Å². The number of aryl methyl sites for hydroxylation is 1. The number of anilines is 5. The van der Waals surface area contributed by atoms with Crippen LogP contribution in [0.5, 0.6) is 0 Å². The molecule has 1 aliphatic carbocycles. The van der Waals surface area contributed by atoms with Crippen molar-refractivity contribution in [3.8, 4) is 44.5 Å². The summed E-state index contributed by atoms with van der Waals surface area (Å²) in [6, 6.07) is 77.4. The highest BCUT2D eigenvalue weighted by atomic mass is 15.2. The molecule has 274 valence electrons. The predicted octanol–water partition coefficient (Wildman–Crippen LogP) is 12.7. The van der Waals surface area contributed by atoms with E-state index in [9.17, 15) is 0 Å². The quantitative estimate of drug-likeness (QED) is 0.166. The topological polar surface area (TPSA) is 6.48 Å². The predicted molar refractivity (Wildman–Crippen MR) is 247 cm³/mol. The lowest BCUT2D eigenvalue weighted by molar-refractivity contribution is 0.753. The first-order valence-electron chi connectivity index (χ1n) is 20.7. The van der Waals surface area contributed by atoms with E-state index in [0.29, 0.717) is 0 Å². The summed E-state index contributed by atoms with van der Waals surface area (Å²) in [4.78, 5) is 5.28. The Morgan fingerprint density at radius 1 is 0.390 bits per heavy atom. The average molecular weight is 749 g/mol. The molecule has 0 unspecified atom stereocenters. The number of hydrogen-bond acceptors (Lipinski definition) is 2. The number of rotatable bonds is 3. The molecule has 2 nitrogen and oxygen atoms in total. The largest absolute Gasteiger partial charge is 0.376 e. The zero-order valence-corrected chi connectivity index (χ0v) is 32.6. The molecule has 0 N–H and O–H groups in total. The van der Waals surface area contributed by atoms with Gasteiger partial charge in [0, 0.05) is 28.3 Å². The molecule has 3 aliphatic heterocycles. The van der Waals surface area contributed by atoms with Gasteiger partial charge in [0.05, 0.1) is 11.1 Å². The maximum Gasteiger partial charge on any atom is 0.333 e. The molecular formula is C56H37BN2. The van der Waals surface area contributed by atoms with Gasteiger partial charge in [-0.3, -0.25) is 0 Å². The van der Waals surface area contributed by atoms with Crippen LogP contribution < -0.4 is 20.6 Å². The van der Waals surface area contributed by atoms with Crippen LogP contribution in [0.4, 0.5) is 28.4 Å². The monoisotopic (exact) mass is 748 g/mol. The van der Waals surface area contributed by atoms with Crippen molar-refractivity contribution < 1.29 is 0 Å². The Kier molecular flexibility index (Phi) is 6.70. The Hall–Kier alpha value is -7.36. The van der Waals surface area contributed by atoms with E-state index >= 15 is 0 Å². The molecule has 0 aromatic heterocycles. The molecule has 0 radical (unpaired) electrons. The van der Waals surface area contributed by atoms with Gasteiger partial charge in [0.25, 0.3) is 0 Å². The molecule has 0 fully saturated rings. The van der Waals surface area contributed by atoms with E-state index in [1.54, 1.807) is 0 Å². The van der Waals surface area contributed by atoms with Crippen molar-refractivity contribution in [2.24, 2.45) is 0 Å². The minimum atomic E-state index is -0.485. The number of nitrogens with zero attached hydrogens (tertiary/aromatic N) is 2. The van der Waals surface area contributed by atoms with Gasteiger partial charge in [0.2, 0.25) is 0 Å². The molecule has 4 aliphatic rings. The number of hydrogen-bond donors (Lipinski definition) is 0. The first-order chi connectivity index (χ1) is 29.2. The van der Waals surface area contributed by atoms with Crippen molar-refractivity contribution in [2.45, 2.75) is 12.3 Å². The second kappa shape index (κ2) is 12.1. The second-order valence-corrected chi connectivity index (χ2v) is 16.5. The van der Waals surface area contributed by atoms with E-state index in [2.05, 4.69) is 223 Å². The zero-order chi connectivity index (χ0) is 38.8. The van der Waals surface area contributed by atoms with Gasteiger partial charge in [-0.1, -0.05) is 170 Å². The first-order valence-corrected chi connectivity index (χ1v) is 20.7. The highest BCUT2D eigenvalue weighted by molar-refractivity contribution is 6.93. The molecule has 59 heavy (non-hydrogen) atoms. The Labute approximate surface area is 345 Å². The van der Waals surface area contributed by atoms with Crippen molar-refractivity contribution >= 4 is 46.2 Å². The van der Waals surface area contributed by atoms with Crippen LogP contribution in [0.25, 0.3) is 44.5 Å². The van der Waals surface area contributed by atoms with Crippen LogP contribution in [0.3, 0.4) is 0 Å². The van der Waals surface area contributed by atoms with Crippen molar-refractivity contribution in [3.05, 3.63) is 234 Å². The molecule has 0 atom stereocenters. The van der Waals surface area contributed by atoms with Gasteiger partial charge in [0.1, 0.15) is 0 Å². The highest BCUT2D eigenvalue weighted by Crippen LogP contribution is 2.64. The fraction of sp³-hybridized carbons (Fsp3) is 0.0357. The molecule has 3 heteroatoms.